The van der Waals surface area contributed by atoms with Crippen molar-refractivity contribution in [3.8, 4) is 0 Å². The predicted molar refractivity (Wildman–Crippen MR) is 73.3 cm³/mol. The van der Waals surface area contributed by atoms with Crippen LogP contribution < -0.4 is 5.73 Å². The van der Waals surface area contributed by atoms with Gasteiger partial charge in [0, 0.05) is 24.7 Å². The predicted octanol–water partition coefficient (Wildman–Crippen LogP) is 1.52. The highest BCUT2D eigenvalue weighted by molar-refractivity contribution is 5.01. The van der Waals surface area contributed by atoms with Crippen LogP contribution in [0.2, 0.25) is 0 Å². The summed E-state index contributed by atoms with van der Waals surface area (Å²) in [4.78, 5) is 4.94. The summed E-state index contributed by atoms with van der Waals surface area (Å²) < 4.78 is 5.45. The molecule has 4 heteroatoms. The van der Waals surface area contributed by atoms with Gasteiger partial charge in [-0.2, -0.15) is 0 Å². The van der Waals surface area contributed by atoms with Gasteiger partial charge in [0.15, 0.2) is 0 Å². The van der Waals surface area contributed by atoms with Gasteiger partial charge in [0.1, 0.15) is 5.76 Å². The molecule has 0 spiro atoms. The molecule has 0 radical (unpaired) electrons. The van der Waals surface area contributed by atoms with Crippen LogP contribution in [-0.2, 0) is 6.54 Å². The van der Waals surface area contributed by atoms with Crippen molar-refractivity contribution < 1.29 is 4.42 Å². The molecular formula is C14H25N3O. The first kappa shape index (κ1) is 13.6. The molecule has 1 fully saturated rings. The minimum absolute atomic E-state index is 0.185. The second kappa shape index (κ2) is 5.43. The smallest absolute Gasteiger partial charge is 0.117 e. The van der Waals surface area contributed by atoms with E-state index in [-0.39, 0.29) is 5.54 Å². The summed E-state index contributed by atoms with van der Waals surface area (Å²) >= 11 is 0. The van der Waals surface area contributed by atoms with Gasteiger partial charge in [-0.25, -0.2) is 0 Å². The zero-order chi connectivity index (χ0) is 13.2. The van der Waals surface area contributed by atoms with E-state index in [0.717, 1.165) is 38.4 Å². The molecule has 1 aliphatic heterocycles. The summed E-state index contributed by atoms with van der Waals surface area (Å²) in [6.07, 6.45) is 2.79. The Morgan fingerprint density at radius 3 is 2.89 bits per heavy atom. The van der Waals surface area contributed by atoms with E-state index in [9.17, 15) is 0 Å². The Kier molecular flexibility index (Phi) is 4.10. The lowest BCUT2D eigenvalue weighted by Gasteiger charge is -2.50. The van der Waals surface area contributed by atoms with Crippen molar-refractivity contribution in [2.24, 2.45) is 5.73 Å². The van der Waals surface area contributed by atoms with E-state index in [1.165, 1.54) is 0 Å². The number of hydrogen-bond acceptors (Lipinski definition) is 4. The molecule has 1 atom stereocenters. The first-order chi connectivity index (χ1) is 8.53. The Hall–Kier alpha value is -0.840. The van der Waals surface area contributed by atoms with Crippen LogP contribution in [0.4, 0.5) is 0 Å². The third-order valence-electron chi connectivity index (χ3n) is 4.04. The molecular weight excluding hydrogens is 226 g/mol. The van der Waals surface area contributed by atoms with Crippen LogP contribution in [0.5, 0.6) is 0 Å². The SMILES string of the molecule is CN1C(CCN)CN(Cc2ccco2)CC1(C)C. The van der Waals surface area contributed by atoms with Crippen molar-refractivity contribution in [2.75, 3.05) is 26.7 Å². The van der Waals surface area contributed by atoms with Crippen LogP contribution in [0.15, 0.2) is 22.8 Å². The molecule has 1 aromatic heterocycles. The molecule has 0 aromatic carbocycles. The molecule has 0 bridgehead atoms. The highest BCUT2D eigenvalue weighted by atomic mass is 16.3. The summed E-state index contributed by atoms with van der Waals surface area (Å²) in [5.41, 5.74) is 5.91. The molecule has 2 heterocycles. The molecule has 4 nitrogen and oxygen atoms in total. The highest BCUT2D eigenvalue weighted by Crippen LogP contribution is 2.25. The standard InChI is InChI=1S/C14H25N3O/c1-14(2)11-17(10-13-5-4-8-18-13)9-12(6-7-15)16(14)3/h4-5,8,12H,6-7,9-11,15H2,1-3H3. The van der Waals surface area contributed by atoms with Gasteiger partial charge in [-0.05, 0) is 46.0 Å². The molecule has 102 valence electrons. The van der Waals surface area contributed by atoms with Gasteiger partial charge in [0.2, 0.25) is 0 Å². The van der Waals surface area contributed by atoms with E-state index < -0.39 is 0 Å². The summed E-state index contributed by atoms with van der Waals surface area (Å²) in [5.74, 6) is 1.04. The maximum atomic E-state index is 5.73. The Bertz CT molecular complexity index is 361. The third kappa shape index (κ3) is 2.94. The van der Waals surface area contributed by atoms with Gasteiger partial charge in [-0.15, -0.1) is 0 Å². The van der Waals surface area contributed by atoms with Gasteiger partial charge in [-0.1, -0.05) is 0 Å². The zero-order valence-corrected chi connectivity index (χ0v) is 11.7. The largest absolute Gasteiger partial charge is 0.468 e. The molecule has 0 saturated carbocycles. The summed E-state index contributed by atoms with van der Waals surface area (Å²) in [5, 5.41) is 0. The second-order valence-electron chi connectivity index (χ2n) is 5.90. The number of piperazine rings is 1. The first-order valence-corrected chi connectivity index (χ1v) is 6.70. The zero-order valence-electron chi connectivity index (χ0n) is 11.7. The number of furan rings is 1. The maximum Gasteiger partial charge on any atom is 0.117 e. The monoisotopic (exact) mass is 251 g/mol. The van der Waals surface area contributed by atoms with E-state index >= 15 is 0 Å². The summed E-state index contributed by atoms with van der Waals surface area (Å²) in [6.45, 7) is 8.36. The Labute approximate surface area is 110 Å². The van der Waals surface area contributed by atoms with Crippen molar-refractivity contribution in [1.82, 2.24) is 9.80 Å². The summed E-state index contributed by atoms with van der Waals surface area (Å²) in [7, 11) is 2.21. The maximum absolute atomic E-state index is 5.73. The van der Waals surface area contributed by atoms with Crippen LogP contribution >= 0.6 is 0 Å². The molecule has 0 aliphatic carbocycles. The van der Waals surface area contributed by atoms with Crippen LogP contribution in [0.3, 0.4) is 0 Å². The van der Waals surface area contributed by atoms with Gasteiger partial charge in [0.05, 0.1) is 12.8 Å². The fourth-order valence-electron chi connectivity index (χ4n) is 2.86. The average molecular weight is 251 g/mol. The number of hydrogen-bond donors (Lipinski definition) is 1. The minimum Gasteiger partial charge on any atom is -0.468 e. The van der Waals surface area contributed by atoms with E-state index in [4.69, 9.17) is 10.2 Å². The van der Waals surface area contributed by atoms with Crippen LogP contribution in [-0.4, -0.2) is 48.1 Å². The third-order valence-corrected chi connectivity index (χ3v) is 4.04. The van der Waals surface area contributed by atoms with Crippen molar-refractivity contribution >= 4 is 0 Å². The molecule has 18 heavy (non-hydrogen) atoms. The summed E-state index contributed by atoms with van der Waals surface area (Å²) in [6, 6.07) is 4.53. The molecule has 2 rings (SSSR count). The molecule has 0 amide bonds. The lowest BCUT2D eigenvalue weighted by atomic mass is 9.94. The van der Waals surface area contributed by atoms with Gasteiger partial charge in [0.25, 0.3) is 0 Å². The molecule has 1 aliphatic rings. The van der Waals surface area contributed by atoms with Gasteiger partial charge in [-0.3, -0.25) is 9.80 Å². The quantitative estimate of drug-likeness (QED) is 0.881. The van der Waals surface area contributed by atoms with E-state index in [1.54, 1.807) is 6.26 Å². The van der Waals surface area contributed by atoms with Crippen LogP contribution in [0.1, 0.15) is 26.0 Å². The second-order valence-corrected chi connectivity index (χ2v) is 5.90. The highest BCUT2D eigenvalue weighted by Gasteiger charge is 2.36. The fourth-order valence-corrected chi connectivity index (χ4v) is 2.86. The number of rotatable bonds is 4. The molecule has 1 aromatic rings. The van der Waals surface area contributed by atoms with Gasteiger partial charge < -0.3 is 10.2 Å². The average Bonchev–Trinajstić information content (AvgIpc) is 2.78. The van der Waals surface area contributed by atoms with Crippen molar-refractivity contribution in [3.63, 3.8) is 0 Å². The number of nitrogens with two attached hydrogens (primary N) is 1. The molecule has 1 unspecified atom stereocenters. The molecule has 1 saturated heterocycles. The Morgan fingerprint density at radius 2 is 2.28 bits per heavy atom. The van der Waals surface area contributed by atoms with Crippen molar-refractivity contribution in [3.05, 3.63) is 24.2 Å². The van der Waals surface area contributed by atoms with Crippen molar-refractivity contribution in [2.45, 2.75) is 38.4 Å². The van der Waals surface area contributed by atoms with E-state index in [1.807, 2.05) is 12.1 Å². The van der Waals surface area contributed by atoms with E-state index in [2.05, 4.69) is 30.7 Å². The van der Waals surface area contributed by atoms with Crippen LogP contribution in [0.25, 0.3) is 0 Å². The normalized spacial score (nSPS) is 25.4. The lowest BCUT2D eigenvalue weighted by Crippen LogP contribution is -2.62. The van der Waals surface area contributed by atoms with Crippen LogP contribution in [0, 0.1) is 0 Å². The molecule has 2 N–H and O–H groups in total. The lowest BCUT2D eigenvalue weighted by molar-refractivity contribution is -0.0141. The van der Waals surface area contributed by atoms with Gasteiger partial charge >= 0.3 is 0 Å². The first-order valence-electron chi connectivity index (χ1n) is 6.70. The van der Waals surface area contributed by atoms with Crippen molar-refractivity contribution in [1.29, 1.82) is 0 Å². The fraction of sp³-hybridized carbons (Fsp3) is 0.714. The number of nitrogens with zero attached hydrogens (tertiary/aromatic N) is 2. The Morgan fingerprint density at radius 1 is 1.50 bits per heavy atom. The van der Waals surface area contributed by atoms with E-state index in [0.29, 0.717) is 6.04 Å². The Balaban J connectivity index is 2.04. The number of likely N-dealkylation sites (N-methyl/N-ethyl adjacent to an activating group) is 1. The topological polar surface area (TPSA) is 45.6 Å². The minimum atomic E-state index is 0.185.